The topological polar surface area (TPSA) is 71.2 Å². The zero-order valence-electron chi connectivity index (χ0n) is 12.1. The highest BCUT2D eigenvalue weighted by atomic mass is 127. The van der Waals surface area contributed by atoms with E-state index in [0.29, 0.717) is 16.9 Å². The van der Waals surface area contributed by atoms with Crippen LogP contribution >= 0.6 is 22.6 Å². The lowest BCUT2D eigenvalue weighted by molar-refractivity contribution is -0.111. The molecule has 2 N–H and O–H groups in total. The van der Waals surface area contributed by atoms with Gasteiger partial charge < -0.3 is 15.0 Å². The molecule has 0 spiro atoms. The van der Waals surface area contributed by atoms with Gasteiger partial charge in [0.1, 0.15) is 5.69 Å². The number of carbonyl (C=O) groups excluding carboxylic acids is 2. The minimum Gasteiger partial charge on any atom is -0.464 e. The van der Waals surface area contributed by atoms with E-state index in [-0.39, 0.29) is 5.91 Å². The maximum absolute atomic E-state index is 11.9. The van der Waals surface area contributed by atoms with E-state index in [4.69, 9.17) is 4.74 Å². The van der Waals surface area contributed by atoms with Crippen molar-refractivity contribution in [2.75, 3.05) is 12.4 Å². The number of hydrogen-bond donors (Lipinski definition) is 2. The predicted molar refractivity (Wildman–Crippen MR) is 93.7 cm³/mol. The van der Waals surface area contributed by atoms with E-state index in [0.717, 1.165) is 9.26 Å². The number of ether oxygens (including phenoxy) is 1. The van der Waals surface area contributed by atoms with Crippen LogP contribution in [0.4, 0.5) is 5.69 Å². The first-order valence-electron chi connectivity index (χ1n) is 6.53. The number of para-hydroxylation sites is 1. The molecule has 0 saturated carbocycles. The number of amides is 1. The average Bonchev–Trinajstić information content (AvgIpc) is 2.81. The quantitative estimate of drug-likeness (QED) is 0.462. The lowest BCUT2D eigenvalue weighted by Crippen LogP contribution is -2.08. The zero-order valence-corrected chi connectivity index (χ0v) is 14.3. The van der Waals surface area contributed by atoms with Crippen LogP contribution in [-0.2, 0) is 9.53 Å². The predicted octanol–water partition coefficient (Wildman–Crippen LogP) is 3.37. The Hall–Kier alpha value is -2.09. The molecule has 2 rings (SSSR count). The van der Waals surface area contributed by atoms with Crippen LogP contribution in [0.25, 0.3) is 6.08 Å². The number of halogens is 1. The highest BCUT2D eigenvalue weighted by Gasteiger charge is 2.17. The van der Waals surface area contributed by atoms with Crippen molar-refractivity contribution in [2.45, 2.75) is 6.92 Å². The maximum Gasteiger partial charge on any atom is 0.355 e. The number of aromatic nitrogens is 1. The summed E-state index contributed by atoms with van der Waals surface area (Å²) in [7, 11) is 1.32. The minimum atomic E-state index is -0.464. The molecule has 6 heteroatoms. The van der Waals surface area contributed by atoms with Crippen molar-refractivity contribution in [3.63, 3.8) is 0 Å². The lowest BCUT2D eigenvalue weighted by atomic mass is 10.2. The standard InChI is InChI=1S/C16H15IN2O3/c1-10-14(17)12(15(18-10)16(21)22-2)8-9-13(20)19-11-6-4-3-5-7-11/h3-9,18H,1-2H3,(H,19,20)/b9-8+. The summed E-state index contributed by atoms with van der Waals surface area (Å²) in [4.78, 5) is 26.6. The smallest absolute Gasteiger partial charge is 0.355 e. The Bertz CT molecular complexity index is 720. The third-order valence-corrected chi connectivity index (χ3v) is 4.37. The van der Waals surface area contributed by atoms with Crippen LogP contribution < -0.4 is 5.32 Å². The summed E-state index contributed by atoms with van der Waals surface area (Å²) in [6.07, 6.45) is 3.00. The number of nitrogens with one attached hydrogen (secondary N) is 2. The number of aromatic amines is 1. The van der Waals surface area contributed by atoms with Gasteiger partial charge in [-0.1, -0.05) is 18.2 Å². The molecular weight excluding hydrogens is 395 g/mol. The Labute approximate surface area is 141 Å². The normalized spacial score (nSPS) is 10.7. The molecule has 5 nitrogen and oxygen atoms in total. The van der Waals surface area contributed by atoms with E-state index in [1.165, 1.54) is 13.2 Å². The molecule has 1 amide bonds. The molecule has 0 bridgehead atoms. The van der Waals surface area contributed by atoms with Gasteiger partial charge in [-0.3, -0.25) is 4.79 Å². The van der Waals surface area contributed by atoms with E-state index >= 15 is 0 Å². The lowest BCUT2D eigenvalue weighted by Gasteiger charge is -2.01. The van der Waals surface area contributed by atoms with Crippen molar-refractivity contribution in [3.05, 3.63) is 56.9 Å². The van der Waals surface area contributed by atoms with Gasteiger partial charge in [-0.15, -0.1) is 0 Å². The Morgan fingerprint density at radius 3 is 2.59 bits per heavy atom. The molecule has 0 saturated heterocycles. The number of hydrogen-bond acceptors (Lipinski definition) is 3. The molecule has 2 aromatic rings. The first-order valence-corrected chi connectivity index (χ1v) is 7.61. The van der Waals surface area contributed by atoms with Crippen LogP contribution in [0, 0.1) is 10.5 Å². The van der Waals surface area contributed by atoms with Gasteiger partial charge in [0.05, 0.1) is 7.11 Å². The Balaban J connectivity index is 2.19. The van der Waals surface area contributed by atoms with E-state index in [1.807, 2.05) is 25.1 Å². The second-order valence-corrected chi connectivity index (χ2v) is 5.61. The number of benzene rings is 1. The monoisotopic (exact) mass is 410 g/mol. The van der Waals surface area contributed by atoms with Gasteiger partial charge in [-0.25, -0.2) is 4.79 Å². The molecule has 0 aliphatic rings. The van der Waals surface area contributed by atoms with Gasteiger partial charge >= 0.3 is 5.97 Å². The van der Waals surface area contributed by atoms with Crippen LogP contribution in [0.15, 0.2) is 36.4 Å². The van der Waals surface area contributed by atoms with Gasteiger partial charge in [0.15, 0.2) is 0 Å². The van der Waals surface area contributed by atoms with E-state index in [2.05, 4.69) is 32.9 Å². The molecule has 0 aliphatic heterocycles. The largest absolute Gasteiger partial charge is 0.464 e. The summed E-state index contributed by atoms with van der Waals surface area (Å²) in [5.41, 5.74) is 2.55. The average molecular weight is 410 g/mol. The Morgan fingerprint density at radius 1 is 1.27 bits per heavy atom. The van der Waals surface area contributed by atoms with Crippen molar-refractivity contribution < 1.29 is 14.3 Å². The Morgan fingerprint density at radius 2 is 1.95 bits per heavy atom. The van der Waals surface area contributed by atoms with Crippen LogP contribution in [0.3, 0.4) is 0 Å². The number of esters is 1. The molecule has 0 unspecified atom stereocenters. The summed E-state index contributed by atoms with van der Waals surface area (Å²) >= 11 is 2.12. The number of H-pyrrole nitrogens is 1. The first kappa shape index (κ1) is 16.3. The van der Waals surface area contributed by atoms with Gasteiger partial charge in [-0.2, -0.15) is 0 Å². The van der Waals surface area contributed by atoms with Crippen LogP contribution in [0.5, 0.6) is 0 Å². The zero-order chi connectivity index (χ0) is 16.1. The summed E-state index contributed by atoms with van der Waals surface area (Å²) in [5.74, 6) is -0.731. The molecule has 0 fully saturated rings. The van der Waals surface area contributed by atoms with Gasteiger partial charge in [0.25, 0.3) is 0 Å². The van der Waals surface area contributed by atoms with Gasteiger partial charge in [0, 0.05) is 26.6 Å². The van der Waals surface area contributed by atoms with Crippen molar-refractivity contribution in [1.29, 1.82) is 0 Å². The van der Waals surface area contributed by atoms with Crippen LogP contribution in [-0.4, -0.2) is 24.0 Å². The van der Waals surface area contributed by atoms with Crippen molar-refractivity contribution in [3.8, 4) is 0 Å². The molecule has 0 atom stereocenters. The SMILES string of the molecule is COC(=O)c1[nH]c(C)c(I)c1/C=C/C(=O)Nc1ccccc1. The molecular formula is C16H15IN2O3. The molecule has 0 aliphatic carbocycles. The third kappa shape index (κ3) is 3.76. The van der Waals surface area contributed by atoms with Gasteiger partial charge in [-0.05, 0) is 47.7 Å². The number of carbonyl (C=O) groups is 2. The van der Waals surface area contributed by atoms with Crippen molar-refractivity contribution in [1.82, 2.24) is 4.98 Å². The summed E-state index contributed by atoms with van der Waals surface area (Å²) < 4.78 is 5.62. The van der Waals surface area contributed by atoms with Crippen molar-refractivity contribution in [2.24, 2.45) is 0 Å². The molecule has 1 aromatic carbocycles. The maximum atomic E-state index is 11.9. The highest BCUT2D eigenvalue weighted by Crippen LogP contribution is 2.23. The molecule has 1 aromatic heterocycles. The van der Waals surface area contributed by atoms with Gasteiger partial charge in [0.2, 0.25) is 5.91 Å². The molecule has 1 heterocycles. The second kappa shape index (κ2) is 7.26. The first-order chi connectivity index (χ1) is 10.5. The highest BCUT2D eigenvalue weighted by molar-refractivity contribution is 14.1. The Kier molecular flexibility index (Phi) is 5.37. The van der Waals surface area contributed by atoms with E-state index < -0.39 is 5.97 Å². The summed E-state index contributed by atoms with van der Waals surface area (Å²) in [5, 5.41) is 2.75. The van der Waals surface area contributed by atoms with E-state index in [1.54, 1.807) is 18.2 Å². The third-order valence-electron chi connectivity index (χ3n) is 2.98. The number of anilines is 1. The molecule has 0 radical (unpaired) electrons. The minimum absolute atomic E-state index is 0.267. The van der Waals surface area contributed by atoms with Crippen LogP contribution in [0.1, 0.15) is 21.7 Å². The van der Waals surface area contributed by atoms with Crippen molar-refractivity contribution >= 4 is 46.2 Å². The molecule has 114 valence electrons. The van der Waals surface area contributed by atoms with Crippen LogP contribution in [0.2, 0.25) is 0 Å². The molecule has 22 heavy (non-hydrogen) atoms. The number of methoxy groups -OCH3 is 1. The number of rotatable bonds is 4. The summed E-state index contributed by atoms with van der Waals surface area (Å²) in [6, 6.07) is 9.16. The second-order valence-electron chi connectivity index (χ2n) is 4.53. The fourth-order valence-electron chi connectivity index (χ4n) is 1.91. The fraction of sp³-hybridized carbons (Fsp3) is 0.125. The van der Waals surface area contributed by atoms with E-state index in [9.17, 15) is 9.59 Å². The fourth-order valence-corrected chi connectivity index (χ4v) is 2.49. The number of aryl methyl sites for hydroxylation is 1. The summed E-state index contributed by atoms with van der Waals surface area (Å²) in [6.45, 7) is 1.86.